The van der Waals surface area contributed by atoms with E-state index in [1.165, 1.54) is 12.1 Å². The quantitative estimate of drug-likeness (QED) is 0.210. The van der Waals surface area contributed by atoms with Crippen molar-refractivity contribution in [2.24, 2.45) is 0 Å². The van der Waals surface area contributed by atoms with E-state index in [2.05, 4.69) is 22.6 Å². The SMILES string of the molecule is Cc1cc2cc(C(O)(C(F)(F)F)C(F)(F)F)ccc2n1Cc1ccc2ccccc2c1I. The van der Waals surface area contributed by atoms with Crippen molar-refractivity contribution in [3.63, 3.8) is 0 Å². The van der Waals surface area contributed by atoms with Gasteiger partial charge in [-0.2, -0.15) is 26.3 Å². The maximum atomic E-state index is 13.3. The zero-order valence-corrected chi connectivity index (χ0v) is 18.7. The van der Waals surface area contributed by atoms with Crippen LogP contribution in [-0.4, -0.2) is 22.0 Å². The number of fused-ring (bicyclic) bond motifs is 2. The van der Waals surface area contributed by atoms with Crippen LogP contribution in [0.25, 0.3) is 21.7 Å². The summed E-state index contributed by atoms with van der Waals surface area (Å²) in [4.78, 5) is 0. The summed E-state index contributed by atoms with van der Waals surface area (Å²) in [5.74, 6) is 0. The Bertz CT molecular complexity index is 1310. The first kappa shape index (κ1) is 22.9. The average molecular weight is 563 g/mol. The maximum absolute atomic E-state index is 13.3. The molecule has 0 saturated carbocycles. The van der Waals surface area contributed by atoms with E-state index in [0.717, 1.165) is 26.0 Å². The number of hydrogen-bond acceptors (Lipinski definition) is 1. The van der Waals surface area contributed by atoms with E-state index in [1.54, 1.807) is 6.92 Å². The van der Waals surface area contributed by atoms with E-state index in [-0.39, 0.29) is 5.39 Å². The third-order valence-electron chi connectivity index (χ3n) is 5.62. The molecule has 0 amide bonds. The first-order valence-corrected chi connectivity index (χ1v) is 10.5. The van der Waals surface area contributed by atoms with Crippen molar-refractivity contribution in [3.8, 4) is 0 Å². The molecule has 0 saturated heterocycles. The molecular formula is C23H16F6INO. The van der Waals surface area contributed by atoms with Crippen LogP contribution in [0.3, 0.4) is 0 Å². The number of aryl methyl sites for hydroxylation is 1. The second-order valence-corrected chi connectivity index (χ2v) is 8.69. The average Bonchev–Trinajstić information content (AvgIpc) is 3.02. The Morgan fingerprint density at radius 3 is 2.16 bits per heavy atom. The number of rotatable bonds is 3. The van der Waals surface area contributed by atoms with Crippen LogP contribution in [0.2, 0.25) is 0 Å². The van der Waals surface area contributed by atoms with E-state index < -0.39 is 23.5 Å². The van der Waals surface area contributed by atoms with Gasteiger partial charge in [-0.25, -0.2) is 0 Å². The molecule has 4 aromatic rings. The standard InChI is InChI=1S/C23H16F6INO/c1-13-10-16-11-17(21(32,22(24,25)26)23(27,28)29)8-9-19(16)31(13)12-15-7-6-14-4-2-3-5-18(14)20(15)30/h2-11,32H,12H2,1H3. The van der Waals surface area contributed by atoms with E-state index in [1.807, 2.05) is 41.0 Å². The fourth-order valence-electron chi connectivity index (χ4n) is 3.90. The minimum Gasteiger partial charge on any atom is -0.369 e. The van der Waals surface area contributed by atoms with Gasteiger partial charge in [-0.1, -0.05) is 42.5 Å². The number of hydrogen-bond donors (Lipinski definition) is 1. The van der Waals surface area contributed by atoms with E-state index in [9.17, 15) is 31.4 Å². The second-order valence-electron chi connectivity index (χ2n) is 7.61. The van der Waals surface area contributed by atoms with Crippen molar-refractivity contribution >= 4 is 44.3 Å². The number of halogens is 7. The van der Waals surface area contributed by atoms with Gasteiger partial charge >= 0.3 is 12.4 Å². The van der Waals surface area contributed by atoms with Gasteiger partial charge in [0.25, 0.3) is 5.60 Å². The van der Waals surface area contributed by atoms with E-state index >= 15 is 0 Å². The van der Waals surface area contributed by atoms with Gasteiger partial charge in [0.05, 0.1) is 0 Å². The number of alkyl halides is 6. The summed E-state index contributed by atoms with van der Waals surface area (Å²) >= 11 is 2.24. The molecule has 168 valence electrons. The summed E-state index contributed by atoms with van der Waals surface area (Å²) in [7, 11) is 0. The Labute approximate surface area is 192 Å². The first-order valence-electron chi connectivity index (χ1n) is 9.47. The van der Waals surface area contributed by atoms with Gasteiger partial charge in [-0.3, -0.25) is 0 Å². The van der Waals surface area contributed by atoms with Crippen molar-refractivity contribution < 1.29 is 31.4 Å². The van der Waals surface area contributed by atoms with Crippen LogP contribution >= 0.6 is 22.6 Å². The molecule has 0 aliphatic carbocycles. The summed E-state index contributed by atoms with van der Waals surface area (Å²) in [6.07, 6.45) is -11.8. The molecule has 0 fully saturated rings. The highest BCUT2D eigenvalue weighted by atomic mass is 127. The maximum Gasteiger partial charge on any atom is 0.430 e. The van der Waals surface area contributed by atoms with E-state index in [4.69, 9.17) is 0 Å². The van der Waals surface area contributed by atoms with Gasteiger partial charge in [-0.05, 0) is 64.0 Å². The van der Waals surface area contributed by atoms with Crippen LogP contribution in [0.4, 0.5) is 26.3 Å². The Balaban J connectivity index is 1.81. The molecule has 3 aromatic carbocycles. The molecule has 32 heavy (non-hydrogen) atoms. The summed E-state index contributed by atoms with van der Waals surface area (Å²) in [6.45, 7) is 2.12. The van der Waals surface area contributed by atoms with Gasteiger partial charge in [-0.15, -0.1) is 0 Å². The second kappa shape index (κ2) is 7.65. The summed E-state index contributed by atoms with van der Waals surface area (Å²) in [5, 5.41) is 12.0. The van der Waals surface area contributed by atoms with Gasteiger partial charge in [0, 0.05) is 32.3 Å². The van der Waals surface area contributed by atoms with E-state index in [0.29, 0.717) is 23.8 Å². The van der Waals surface area contributed by atoms with Crippen molar-refractivity contribution in [3.05, 3.63) is 81.1 Å². The molecule has 1 N–H and O–H groups in total. The lowest BCUT2D eigenvalue weighted by Crippen LogP contribution is -2.53. The summed E-state index contributed by atoms with van der Waals surface area (Å²) in [6, 6.07) is 15.9. The minimum atomic E-state index is -5.92. The van der Waals surface area contributed by atoms with Crippen LogP contribution in [0.5, 0.6) is 0 Å². The van der Waals surface area contributed by atoms with Gasteiger partial charge in [0.2, 0.25) is 0 Å². The van der Waals surface area contributed by atoms with Crippen LogP contribution in [-0.2, 0) is 12.1 Å². The third-order valence-corrected chi connectivity index (χ3v) is 6.89. The molecule has 0 aliphatic heterocycles. The van der Waals surface area contributed by atoms with Crippen molar-refractivity contribution in [1.29, 1.82) is 0 Å². The number of nitrogens with zero attached hydrogens (tertiary/aromatic N) is 1. The molecule has 2 nitrogen and oxygen atoms in total. The molecule has 0 atom stereocenters. The monoisotopic (exact) mass is 563 g/mol. The van der Waals surface area contributed by atoms with Crippen LogP contribution in [0.1, 0.15) is 16.8 Å². The molecule has 1 heterocycles. The van der Waals surface area contributed by atoms with Crippen molar-refractivity contribution in [2.45, 2.75) is 31.4 Å². The number of aliphatic hydroxyl groups is 1. The van der Waals surface area contributed by atoms with Crippen LogP contribution < -0.4 is 0 Å². The molecule has 4 rings (SSSR count). The van der Waals surface area contributed by atoms with Crippen LogP contribution in [0.15, 0.2) is 60.7 Å². The highest BCUT2D eigenvalue weighted by Gasteiger charge is 2.71. The number of benzene rings is 3. The predicted octanol–water partition coefficient (Wildman–Crippen LogP) is 7.07. The van der Waals surface area contributed by atoms with Gasteiger partial charge in [0.1, 0.15) is 0 Å². The van der Waals surface area contributed by atoms with Gasteiger partial charge in [0.15, 0.2) is 0 Å². The molecule has 0 radical (unpaired) electrons. The molecule has 0 unspecified atom stereocenters. The lowest BCUT2D eigenvalue weighted by Gasteiger charge is -2.32. The van der Waals surface area contributed by atoms with Gasteiger partial charge < -0.3 is 9.67 Å². The summed E-state index contributed by atoms with van der Waals surface area (Å²) in [5.41, 5.74) is -4.10. The molecule has 1 aromatic heterocycles. The Morgan fingerprint density at radius 2 is 1.50 bits per heavy atom. The largest absolute Gasteiger partial charge is 0.430 e. The number of aromatic nitrogens is 1. The molecular weight excluding hydrogens is 547 g/mol. The molecule has 0 bridgehead atoms. The van der Waals surface area contributed by atoms with Crippen LogP contribution in [0, 0.1) is 10.5 Å². The zero-order valence-electron chi connectivity index (χ0n) is 16.5. The minimum absolute atomic E-state index is 0.183. The lowest BCUT2D eigenvalue weighted by atomic mass is 9.91. The smallest absolute Gasteiger partial charge is 0.369 e. The first-order chi connectivity index (χ1) is 14.8. The normalized spacial score (nSPS) is 13.3. The Hall–Kier alpha value is -2.27. The van der Waals surface area contributed by atoms with Crippen molar-refractivity contribution in [2.75, 3.05) is 0 Å². The molecule has 9 heteroatoms. The highest BCUT2D eigenvalue weighted by Crippen LogP contribution is 2.50. The zero-order chi connectivity index (χ0) is 23.5. The highest BCUT2D eigenvalue weighted by molar-refractivity contribution is 14.1. The predicted molar refractivity (Wildman–Crippen MR) is 118 cm³/mol. The summed E-state index contributed by atoms with van der Waals surface area (Å²) < 4.78 is 82.4. The Kier molecular flexibility index (Phi) is 5.48. The third kappa shape index (κ3) is 3.55. The fraction of sp³-hybridized carbons (Fsp3) is 0.217. The topological polar surface area (TPSA) is 25.2 Å². The van der Waals surface area contributed by atoms with Crippen molar-refractivity contribution in [1.82, 2.24) is 4.57 Å². The fourth-order valence-corrected chi connectivity index (χ4v) is 4.74. The Morgan fingerprint density at radius 1 is 0.844 bits per heavy atom. The lowest BCUT2D eigenvalue weighted by molar-refractivity contribution is -0.376. The molecule has 0 spiro atoms. The molecule has 0 aliphatic rings.